The molecule has 0 spiro atoms. The van der Waals surface area contributed by atoms with E-state index >= 15 is 0 Å². The van der Waals surface area contributed by atoms with E-state index in [2.05, 4.69) is 11.9 Å². The maximum atomic E-state index is 13.9. The Morgan fingerprint density at radius 2 is 2.05 bits per heavy atom. The molecule has 1 aromatic carbocycles. The predicted molar refractivity (Wildman–Crippen MR) is 84.5 cm³/mol. The fraction of sp³-hybridized carbons (Fsp3) is 0.400. The highest BCUT2D eigenvalue weighted by molar-refractivity contribution is 7.89. The van der Waals surface area contributed by atoms with Gasteiger partial charge in [0.1, 0.15) is 5.82 Å². The van der Waals surface area contributed by atoms with Gasteiger partial charge in [-0.25, -0.2) is 17.1 Å². The van der Waals surface area contributed by atoms with Gasteiger partial charge < -0.3 is 5.32 Å². The highest BCUT2D eigenvalue weighted by Gasteiger charge is 2.29. The Hall–Kier alpha value is -1.73. The summed E-state index contributed by atoms with van der Waals surface area (Å²) in [6.45, 7) is 7.10. The molecule has 0 aliphatic rings. The molecule has 0 aromatic heterocycles. The minimum atomic E-state index is -3.70. The Morgan fingerprint density at radius 1 is 1.45 bits per heavy atom. The molecule has 7 heteroatoms. The summed E-state index contributed by atoms with van der Waals surface area (Å²) in [4.78, 5) is 12.1. The Morgan fingerprint density at radius 3 is 2.50 bits per heavy atom. The Kier molecular flexibility index (Phi) is 5.48. The molecule has 1 rings (SSSR count). The van der Waals surface area contributed by atoms with Crippen molar-refractivity contribution in [3.8, 4) is 0 Å². The van der Waals surface area contributed by atoms with Gasteiger partial charge in [-0.3, -0.25) is 4.79 Å². The lowest BCUT2D eigenvalue weighted by molar-refractivity contribution is -0.122. The lowest BCUT2D eigenvalue weighted by atomic mass is 9.87. The minimum Gasteiger partial charge on any atom is -0.323 e. The van der Waals surface area contributed by atoms with E-state index in [4.69, 9.17) is 0 Å². The van der Waals surface area contributed by atoms with E-state index in [0.717, 1.165) is 22.5 Å². The molecule has 0 unspecified atom stereocenters. The molecule has 22 heavy (non-hydrogen) atoms. The third-order valence-corrected chi connectivity index (χ3v) is 5.48. The van der Waals surface area contributed by atoms with Crippen LogP contribution in [0.2, 0.25) is 0 Å². The quantitative estimate of drug-likeness (QED) is 0.816. The first-order chi connectivity index (χ1) is 10.1. The fourth-order valence-electron chi connectivity index (χ4n) is 1.63. The van der Waals surface area contributed by atoms with E-state index in [-0.39, 0.29) is 10.6 Å². The van der Waals surface area contributed by atoms with Crippen LogP contribution < -0.4 is 5.32 Å². The number of hydrogen-bond donors (Lipinski definition) is 1. The molecule has 1 atom stereocenters. The molecular weight excluding hydrogens is 307 g/mol. The van der Waals surface area contributed by atoms with Crippen LogP contribution in [0, 0.1) is 11.2 Å². The van der Waals surface area contributed by atoms with Gasteiger partial charge >= 0.3 is 0 Å². The first kappa shape index (κ1) is 18.3. The largest absolute Gasteiger partial charge is 0.323 e. The molecule has 0 saturated carbocycles. The van der Waals surface area contributed by atoms with Crippen LogP contribution >= 0.6 is 0 Å². The summed E-state index contributed by atoms with van der Waals surface area (Å²) >= 11 is 0. The lowest BCUT2D eigenvalue weighted by Gasteiger charge is -2.23. The minimum absolute atomic E-state index is 0.0917. The topological polar surface area (TPSA) is 66.5 Å². The molecule has 5 nitrogen and oxygen atoms in total. The van der Waals surface area contributed by atoms with Crippen LogP contribution in [-0.4, -0.2) is 32.7 Å². The molecule has 0 radical (unpaired) electrons. The van der Waals surface area contributed by atoms with Crippen molar-refractivity contribution in [2.24, 2.45) is 5.41 Å². The van der Waals surface area contributed by atoms with E-state index < -0.39 is 27.2 Å². The van der Waals surface area contributed by atoms with Gasteiger partial charge in [-0.05, 0) is 31.5 Å². The summed E-state index contributed by atoms with van der Waals surface area (Å²) in [6, 6.07) is 3.29. The number of anilines is 1. The van der Waals surface area contributed by atoms with E-state index in [9.17, 15) is 17.6 Å². The number of hydrogen-bond acceptors (Lipinski definition) is 3. The molecule has 0 heterocycles. The molecule has 0 aliphatic carbocycles. The Bertz CT molecular complexity index is 686. The number of sulfonamides is 1. The first-order valence-electron chi connectivity index (χ1n) is 6.75. The monoisotopic (exact) mass is 328 g/mol. The van der Waals surface area contributed by atoms with Gasteiger partial charge in [-0.1, -0.05) is 13.0 Å². The zero-order valence-corrected chi connectivity index (χ0v) is 14.0. The molecule has 0 aliphatic heterocycles. The van der Waals surface area contributed by atoms with Crippen LogP contribution in [0.5, 0.6) is 0 Å². The summed E-state index contributed by atoms with van der Waals surface area (Å²) in [7, 11) is -0.948. The number of amides is 1. The second kappa shape index (κ2) is 6.58. The maximum absolute atomic E-state index is 13.9. The van der Waals surface area contributed by atoms with Crippen molar-refractivity contribution in [1.29, 1.82) is 0 Å². The number of rotatable bonds is 6. The fourth-order valence-corrected chi connectivity index (χ4v) is 2.56. The molecule has 0 fully saturated rings. The molecule has 1 amide bonds. The number of nitrogens with one attached hydrogen (secondary N) is 1. The van der Waals surface area contributed by atoms with Crippen molar-refractivity contribution in [3.63, 3.8) is 0 Å². The van der Waals surface area contributed by atoms with Crippen molar-refractivity contribution in [2.75, 3.05) is 19.4 Å². The summed E-state index contributed by atoms with van der Waals surface area (Å²) in [5, 5.41) is 2.44. The van der Waals surface area contributed by atoms with Crippen molar-refractivity contribution in [3.05, 3.63) is 36.7 Å². The van der Waals surface area contributed by atoms with E-state index in [1.165, 1.54) is 20.2 Å². The molecule has 0 saturated heterocycles. The van der Waals surface area contributed by atoms with Gasteiger partial charge in [0, 0.05) is 14.1 Å². The Balaban J connectivity index is 3.22. The zero-order valence-electron chi connectivity index (χ0n) is 13.2. The molecular formula is C15H21FN2O3S. The highest BCUT2D eigenvalue weighted by atomic mass is 32.2. The normalized spacial score (nSPS) is 14.5. The van der Waals surface area contributed by atoms with Gasteiger partial charge in [0.2, 0.25) is 15.9 Å². The third kappa shape index (κ3) is 3.53. The van der Waals surface area contributed by atoms with E-state index in [0.29, 0.717) is 6.42 Å². The van der Waals surface area contributed by atoms with Gasteiger partial charge in [0.25, 0.3) is 0 Å². The van der Waals surface area contributed by atoms with Crippen LogP contribution in [0.1, 0.15) is 20.3 Å². The van der Waals surface area contributed by atoms with Crippen LogP contribution in [0.25, 0.3) is 0 Å². The van der Waals surface area contributed by atoms with Gasteiger partial charge in [-0.15, -0.1) is 6.58 Å². The van der Waals surface area contributed by atoms with Crippen LogP contribution in [0.3, 0.4) is 0 Å². The van der Waals surface area contributed by atoms with Gasteiger partial charge in [-0.2, -0.15) is 0 Å². The number of halogens is 1. The van der Waals surface area contributed by atoms with Gasteiger partial charge in [0.05, 0.1) is 16.0 Å². The van der Waals surface area contributed by atoms with Crippen molar-refractivity contribution >= 4 is 21.6 Å². The molecule has 1 N–H and O–H groups in total. The molecule has 0 bridgehead atoms. The number of benzene rings is 1. The summed E-state index contributed by atoms with van der Waals surface area (Å²) in [6.07, 6.45) is 1.97. The van der Waals surface area contributed by atoms with Crippen LogP contribution in [-0.2, 0) is 14.8 Å². The number of carbonyl (C=O) groups excluding carboxylic acids is 1. The van der Waals surface area contributed by atoms with Crippen molar-refractivity contribution in [2.45, 2.75) is 25.2 Å². The lowest BCUT2D eigenvalue weighted by Crippen LogP contribution is -2.31. The average molecular weight is 328 g/mol. The smallest absolute Gasteiger partial charge is 0.242 e. The van der Waals surface area contributed by atoms with Crippen molar-refractivity contribution < 1.29 is 17.6 Å². The highest BCUT2D eigenvalue weighted by Crippen LogP contribution is 2.27. The second-order valence-electron chi connectivity index (χ2n) is 5.36. The third-order valence-electron chi connectivity index (χ3n) is 3.67. The number of nitrogens with zero attached hydrogens (tertiary/aromatic N) is 1. The summed E-state index contributed by atoms with van der Waals surface area (Å²) in [5.41, 5.74) is -1.03. The number of carbonyl (C=O) groups is 1. The van der Waals surface area contributed by atoms with E-state index in [1.807, 2.05) is 6.92 Å². The first-order valence-corrected chi connectivity index (χ1v) is 8.19. The Labute approximate surface area is 130 Å². The summed E-state index contributed by atoms with van der Waals surface area (Å²) < 4.78 is 39.0. The van der Waals surface area contributed by atoms with Crippen LogP contribution in [0.4, 0.5) is 10.1 Å². The van der Waals surface area contributed by atoms with Gasteiger partial charge in [0.15, 0.2) is 0 Å². The SMILES string of the molecule is C=C[C@@](C)(CC)C(=O)Nc1cc(S(=O)(=O)N(C)C)ccc1F. The zero-order chi connectivity index (χ0) is 17.1. The summed E-state index contributed by atoms with van der Waals surface area (Å²) in [5.74, 6) is -1.14. The average Bonchev–Trinajstić information content (AvgIpc) is 2.48. The van der Waals surface area contributed by atoms with Crippen molar-refractivity contribution in [1.82, 2.24) is 4.31 Å². The molecule has 122 valence electrons. The molecule has 1 aromatic rings. The second-order valence-corrected chi connectivity index (χ2v) is 7.51. The maximum Gasteiger partial charge on any atom is 0.242 e. The van der Waals surface area contributed by atoms with E-state index in [1.54, 1.807) is 6.92 Å². The standard InChI is InChI=1S/C15H21FN2O3S/c1-6-15(3,7-2)14(19)17-13-10-11(8-9-12(13)16)22(20,21)18(4)5/h6,8-10H,1,7H2,2-5H3,(H,17,19)/t15-/m0/s1. The van der Waals surface area contributed by atoms with Crippen LogP contribution in [0.15, 0.2) is 35.7 Å². The predicted octanol–water partition coefficient (Wildman–Crippen LogP) is 2.62.